The first-order valence-corrected chi connectivity index (χ1v) is 6.52. The molecule has 0 radical (unpaired) electrons. The van der Waals surface area contributed by atoms with Gasteiger partial charge in [0.05, 0.1) is 6.54 Å². The van der Waals surface area contributed by atoms with Crippen LogP contribution in [0.1, 0.15) is 49.5 Å². The fourth-order valence-corrected chi connectivity index (χ4v) is 1.66. The summed E-state index contributed by atoms with van der Waals surface area (Å²) in [4.78, 5) is 11.9. The summed E-state index contributed by atoms with van der Waals surface area (Å²) >= 11 is 0. The minimum atomic E-state index is 0.174. The highest BCUT2D eigenvalue weighted by Gasteiger charge is 2.06. The van der Waals surface area contributed by atoms with Crippen molar-refractivity contribution in [3.8, 4) is 0 Å². The quantitative estimate of drug-likeness (QED) is 0.733. The summed E-state index contributed by atoms with van der Waals surface area (Å²) in [6.45, 7) is 6.80. The van der Waals surface area contributed by atoms with Gasteiger partial charge in [-0.2, -0.15) is 0 Å². The van der Waals surface area contributed by atoms with Gasteiger partial charge in [-0.1, -0.05) is 44.5 Å². The first-order chi connectivity index (χ1) is 8.17. The summed E-state index contributed by atoms with van der Waals surface area (Å²) in [5.74, 6) is 0.174. The van der Waals surface area contributed by atoms with Gasteiger partial charge in [0.1, 0.15) is 0 Å². The van der Waals surface area contributed by atoms with Crippen LogP contribution >= 0.6 is 0 Å². The van der Waals surface area contributed by atoms with Crippen LogP contribution in [0.3, 0.4) is 0 Å². The van der Waals surface area contributed by atoms with E-state index in [1.807, 2.05) is 12.1 Å². The molecule has 0 heterocycles. The minimum Gasteiger partial charge on any atom is -0.307 e. The van der Waals surface area contributed by atoms with Crippen molar-refractivity contribution in [2.45, 2.75) is 46.1 Å². The molecule has 1 aromatic carbocycles. The van der Waals surface area contributed by atoms with Gasteiger partial charge in [-0.25, -0.2) is 0 Å². The van der Waals surface area contributed by atoms with Gasteiger partial charge >= 0.3 is 0 Å². The van der Waals surface area contributed by atoms with Crippen LogP contribution in [0.2, 0.25) is 0 Å². The van der Waals surface area contributed by atoms with Crippen molar-refractivity contribution >= 4 is 5.78 Å². The Morgan fingerprint density at radius 3 is 2.41 bits per heavy atom. The predicted octanol–water partition coefficient (Wildman–Crippen LogP) is 3.21. The summed E-state index contributed by atoms with van der Waals surface area (Å²) in [6, 6.07) is 8.38. The van der Waals surface area contributed by atoms with E-state index in [4.69, 9.17) is 0 Å². The SMILES string of the molecule is CCCc1ccc(C(=O)CNC(C)CC)cc1. The lowest BCUT2D eigenvalue weighted by atomic mass is 10.1. The largest absolute Gasteiger partial charge is 0.307 e. The number of carbonyl (C=O) groups is 1. The predicted molar refractivity (Wildman–Crippen MR) is 72.5 cm³/mol. The molecule has 0 saturated heterocycles. The topological polar surface area (TPSA) is 29.1 Å². The number of benzene rings is 1. The number of hydrogen-bond donors (Lipinski definition) is 1. The van der Waals surface area contributed by atoms with E-state index in [9.17, 15) is 4.79 Å². The van der Waals surface area contributed by atoms with Crippen molar-refractivity contribution < 1.29 is 4.79 Å². The third-order valence-electron chi connectivity index (χ3n) is 3.04. The second kappa shape index (κ2) is 7.23. The molecule has 0 amide bonds. The molecule has 0 saturated carbocycles. The molecular formula is C15H23NO. The molecule has 0 aliphatic heterocycles. The van der Waals surface area contributed by atoms with Crippen LogP contribution in [0.4, 0.5) is 0 Å². The van der Waals surface area contributed by atoms with Crippen LogP contribution in [-0.4, -0.2) is 18.4 Å². The Balaban J connectivity index is 2.51. The number of hydrogen-bond acceptors (Lipinski definition) is 2. The summed E-state index contributed by atoms with van der Waals surface area (Å²) < 4.78 is 0. The zero-order chi connectivity index (χ0) is 12.7. The Morgan fingerprint density at radius 2 is 1.88 bits per heavy atom. The molecule has 0 aliphatic rings. The lowest BCUT2D eigenvalue weighted by Gasteiger charge is -2.10. The molecule has 0 aromatic heterocycles. The first-order valence-electron chi connectivity index (χ1n) is 6.52. The fourth-order valence-electron chi connectivity index (χ4n) is 1.66. The van der Waals surface area contributed by atoms with Gasteiger partial charge in [-0.05, 0) is 25.3 Å². The van der Waals surface area contributed by atoms with Crippen LogP contribution in [0.5, 0.6) is 0 Å². The lowest BCUT2D eigenvalue weighted by molar-refractivity contribution is 0.0987. The van der Waals surface area contributed by atoms with Gasteiger partial charge in [0.25, 0.3) is 0 Å². The molecule has 0 spiro atoms. The Hall–Kier alpha value is -1.15. The standard InChI is InChI=1S/C15H23NO/c1-4-6-13-7-9-14(10-8-13)15(17)11-16-12(3)5-2/h7-10,12,16H,4-6,11H2,1-3H3. The lowest BCUT2D eigenvalue weighted by Crippen LogP contribution is -2.30. The number of ketones is 1. The highest BCUT2D eigenvalue weighted by molar-refractivity contribution is 5.97. The van der Waals surface area contributed by atoms with Crippen molar-refractivity contribution in [1.82, 2.24) is 5.32 Å². The molecule has 1 rings (SSSR count). The molecule has 1 aromatic rings. The molecular weight excluding hydrogens is 210 g/mol. The molecule has 2 nitrogen and oxygen atoms in total. The Kier molecular flexibility index (Phi) is 5.92. The molecule has 17 heavy (non-hydrogen) atoms. The number of carbonyl (C=O) groups excluding carboxylic acids is 1. The first kappa shape index (κ1) is 13.9. The van der Waals surface area contributed by atoms with Gasteiger partial charge in [-0.3, -0.25) is 4.79 Å². The minimum absolute atomic E-state index is 0.174. The zero-order valence-corrected chi connectivity index (χ0v) is 11.1. The highest BCUT2D eigenvalue weighted by atomic mass is 16.1. The highest BCUT2D eigenvalue weighted by Crippen LogP contribution is 2.07. The van der Waals surface area contributed by atoms with E-state index in [0.717, 1.165) is 24.8 Å². The van der Waals surface area contributed by atoms with Crippen molar-refractivity contribution in [1.29, 1.82) is 0 Å². The van der Waals surface area contributed by atoms with E-state index in [-0.39, 0.29) is 5.78 Å². The normalized spacial score (nSPS) is 12.4. The van der Waals surface area contributed by atoms with Crippen LogP contribution in [0, 0.1) is 0 Å². The van der Waals surface area contributed by atoms with Crippen LogP contribution < -0.4 is 5.32 Å². The van der Waals surface area contributed by atoms with E-state index in [2.05, 4.69) is 38.2 Å². The maximum Gasteiger partial charge on any atom is 0.176 e. The summed E-state index contributed by atoms with van der Waals surface area (Å²) in [5.41, 5.74) is 2.11. The average molecular weight is 233 g/mol. The molecule has 94 valence electrons. The van der Waals surface area contributed by atoms with Crippen molar-refractivity contribution in [3.05, 3.63) is 35.4 Å². The molecule has 1 N–H and O–H groups in total. The van der Waals surface area contributed by atoms with Crippen LogP contribution in [0.15, 0.2) is 24.3 Å². The zero-order valence-electron chi connectivity index (χ0n) is 11.1. The average Bonchev–Trinajstić information content (AvgIpc) is 2.36. The maximum atomic E-state index is 11.9. The van der Waals surface area contributed by atoms with Crippen molar-refractivity contribution in [2.75, 3.05) is 6.54 Å². The maximum absolute atomic E-state index is 11.9. The van der Waals surface area contributed by atoms with Gasteiger partial charge in [-0.15, -0.1) is 0 Å². The van der Waals surface area contributed by atoms with E-state index >= 15 is 0 Å². The van der Waals surface area contributed by atoms with E-state index < -0.39 is 0 Å². The second-order valence-electron chi connectivity index (χ2n) is 4.56. The molecule has 0 fully saturated rings. The van der Waals surface area contributed by atoms with Crippen molar-refractivity contribution in [3.63, 3.8) is 0 Å². The molecule has 0 aliphatic carbocycles. The number of rotatable bonds is 7. The Morgan fingerprint density at radius 1 is 1.24 bits per heavy atom. The fraction of sp³-hybridized carbons (Fsp3) is 0.533. The van der Waals surface area contributed by atoms with Gasteiger partial charge < -0.3 is 5.32 Å². The summed E-state index contributed by atoms with van der Waals surface area (Å²) in [7, 11) is 0. The van der Waals surface area contributed by atoms with Crippen LogP contribution in [-0.2, 0) is 6.42 Å². The molecule has 0 bridgehead atoms. The van der Waals surface area contributed by atoms with E-state index in [1.165, 1.54) is 5.56 Å². The van der Waals surface area contributed by atoms with Gasteiger partial charge in [0, 0.05) is 11.6 Å². The van der Waals surface area contributed by atoms with Gasteiger partial charge in [0.2, 0.25) is 0 Å². The van der Waals surface area contributed by atoms with E-state index in [1.54, 1.807) is 0 Å². The monoisotopic (exact) mass is 233 g/mol. The van der Waals surface area contributed by atoms with Crippen LogP contribution in [0.25, 0.3) is 0 Å². The smallest absolute Gasteiger partial charge is 0.176 e. The Labute approximate surface area is 104 Å². The molecule has 1 unspecified atom stereocenters. The van der Waals surface area contributed by atoms with E-state index in [0.29, 0.717) is 12.6 Å². The number of nitrogens with one attached hydrogen (secondary N) is 1. The Bertz CT molecular complexity index is 342. The number of aryl methyl sites for hydroxylation is 1. The summed E-state index contributed by atoms with van der Waals surface area (Å²) in [6.07, 6.45) is 3.27. The molecule has 1 atom stereocenters. The third-order valence-corrected chi connectivity index (χ3v) is 3.04. The second-order valence-corrected chi connectivity index (χ2v) is 4.56. The molecule has 2 heteroatoms. The van der Waals surface area contributed by atoms with Gasteiger partial charge in [0.15, 0.2) is 5.78 Å². The summed E-state index contributed by atoms with van der Waals surface area (Å²) in [5, 5.41) is 3.22. The number of Topliss-reactive ketones (excluding diaryl/α,β-unsaturated/α-hetero) is 1. The van der Waals surface area contributed by atoms with Crippen molar-refractivity contribution in [2.24, 2.45) is 0 Å². The third kappa shape index (κ3) is 4.70.